The zero-order valence-electron chi connectivity index (χ0n) is 23.2. The van der Waals surface area contributed by atoms with Gasteiger partial charge < -0.3 is 20.2 Å². The molecule has 4 rings (SSSR count). The highest BCUT2D eigenvalue weighted by molar-refractivity contribution is 6.00. The Hall–Kier alpha value is -2.16. The summed E-state index contributed by atoms with van der Waals surface area (Å²) in [6.45, 7) is 4.86. The van der Waals surface area contributed by atoms with E-state index < -0.39 is 17.2 Å². The van der Waals surface area contributed by atoms with Gasteiger partial charge in [0.1, 0.15) is 11.6 Å². The van der Waals surface area contributed by atoms with E-state index in [1.807, 2.05) is 29.2 Å². The molecule has 8 nitrogen and oxygen atoms in total. The first kappa shape index (κ1) is 30.4. The zero-order valence-corrected chi connectivity index (χ0v) is 24.0. The van der Waals surface area contributed by atoms with Gasteiger partial charge in [0.2, 0.25) is 11.8 Å². The molecular formula is C29H45ClN4O4. The minimum Gasteiger partial charge on any atom is -0.390 e. The predicted octanol–water partition coefficient (Wildman–Crippen LogP) is 3.36. The summed E-state index contributed by atoms with van der Waals surface area (Å²) < 4.78 is 0. The molecule has 1 aliphatic carbocycles. The van der Waals surface area contributed by atoms with Gasteiger partial charge in [-0.3, -0.25) is 19.3 Å². The van der Waals surface area contributed by atoms with Crippen molar-refractivity contribution in [2.75, 3.05) is 33.7 Å². The Morgan fingerprint density at radius 3 is 2.26 bits per heavy atom. The summed E-state index contributed by atoms with van der Waals surface area (Å²) in [7, 11) is 3.49. The monoisotopic (exact) mass is 548 g/mol. The van der Waals surface area contributed by atoms with Crippen LogP contribution in [0.3, 0.4) is 0 Å². The fourth-order valence-electron chi connectivity index (χ4n) is 6.30. The molecule has 2 N–H and O–H groups in total. The quantitative estimate of drug-likeness (QED) is 0.519. The Morgan fingerprint density at radius 2 is 1.68 bits per heavy atom. The van der Waals surface area contributed by atoms with Crippen LogP contribution in [0.25, 0.3) is 0 Å². The number of aliphatic hydroxyl groups is 1. The van der Waals surface area contributed by atoms with Crippen LogP contribution in [0.5, 0.6) is 0 Å². The molecule has 3 fully saturated rings. The van der Waals surface area contributed by atoms with Crippen molar-refractivity contribution in [3.05, 3.63) is 35.4 Å². The number of amides is 3. The number of benzene rings is 1. The van der Waals surface area contributed by atoms with Gasteiger partial charge in [-0.1, -0.05) is 44.7 Å². The molecule has 3 amide bonds. The van der Waals surface area contributed by atoms with Crippen LogP contribution in [-0.4, -0.2) is 88.4 Å². The molecule has 38 heavy (non-hydrogen) atoms. The number of nitrogens with one attached hydrogen (secondary N) is 1. The highest BCUT2D eigenvalue weighted by Crippen LogP contribution is 2.37. The van der Waals surface area contributed by atoms with Gasteiger partial charge in [-0.15, -0.1) is 12.4 Å². The Morgan fingerprint density at radius 1 is 1.05 bits per heavy atom. The second-order valence-corrected chi connectivity index (χ2v) is 11.6. The third-order valence-corrected chi connectivity index (χ3v) is 8.61. The van der Waals surface area contributed by atoms with Crippen molar-refractivity contribution in [1.82, 2.24) is 20.0 Å². The largest absolute Gasteiger partial charge is 0.390 e. The average Bonchev–Trinajstić information content (AvgIpc) is 2.89. The van der Waals surface area contributed by atoms with Crippen molar-refractivity contribution in [2.24, 2.45) is 0 Å². The van der Waals surface area contributed by atoms with Gasteiger partial charge in [0.05, 0.1) is 5.60 Å². The van der Waals surface area contributed by atoms with Crippen LogP contribution in [0.2, 0.25) is 0 Å². The summed E-state index contributed by atoms with van der Waals surface area (Å²) in [6.07, 6.45) is 7.79. The molecule has 212 valence electrons. The van der Waals surface area contributed by atoms with Gasteiger partial charge >= 0.3 is 0 Å². The van der Waals surface area contributed by atoms with E-state index in [4.69, 9.17) is 0 Å². The zero-order chi connectivity index (χ0) is 26.6. The van der Waals surface area contributed by atoms with Gasteiger partial charge in [-0.25, -0.2) is 0 Å². The van der Waals surface area contributed by atoms with Gasteiger partial charge in [-0.05, 0) is 49.8 Å². The fraction of sp³-hybridized carbons (Fsp3) is 0.690. The summed E-state index contributed by atoms with van der Waals surface area (Å²) in [5.74, 6) is -0.0963. The molecule has 0 radical (unpaired) electrons. The molecule has 0 bridgehead atoms. The summed E-state index contributed by atoms with van der Waals surface area (Å²) in [5, 5.41) is 14.1. The molecule has 1 atom stereocenters. The molecule has 1 spiro atoms. The number of carbonyl (C=O) groups excluding carboxylic acids is 3. The number of piperazine rings is 1. The molecule has 0 aromatic heterocycles. The van der Waals surface area contributed by atoms with E-state index in [0.29, 0.717) is 44.2 Å². The number of likely N-dealkylation sites (tertiary alicyclic amines) is 1. The number of halogens is 1. The van der Waals surface area contributed by atoms with Crippen LogP contribution >= 0.6 is 12.4 Å². The molecule has 3 aliphatic rings. The van der Waals surface area contributed by atoms with Crippen molar-refractivity contribution < 1.29 is 19.5 Å². The molecule has 1 aromatic carbocycles. The number of nitrogens with zero attached hydrogens (tertiary/aromatic N) is 3. The fourth-order valence-corrected chi connectivity index (χ4v) is 6.30. The van der Waals surface area contributed by atoms with Crippen LogP contribution in [0.4, 0.5) is 0 Å². The van der Waals surface area contributed by atoms with Crippen LogP contribution in [0, 0.1) is 0 Å². The maximum atomic E-state index is 13.7. The minimum atomic E-state index is -0.858. The Labute approximate surface area is 233 Å². The van der Waals surface area contributed by atoms with E-state index in [2.05, 4.69) is 17.1 Å². The standard InChI is InChI=1S/C29H44N4O4.ClH/c1-4-5-17-33-26(35)24(20-28(37)13-7-6-8-14-28)30-27(36)29(33)15-18-32(19-16-29)21-22-9-11-23(12-10-22)25(34)31(2)3;/h9-12,24,37H,4-8,13-21H2,1-3H3,(H,30,36);1H/t24-;/m1./s1. The number of rotatable bonds is 8. The van der Waals surface area contributed by atoms with E-state index >= 15 is 0 Å². The number of piperidine rings is 1. The van der Waals surface area contributed by atoms with Crippen molar-refractivity contribution >= 4 is 30.1 Å². The van der Waals surface area contributed by atoms with Crippen LogP contribution in [-0.2, 0) is 16.1 Å². The van der Waals surface area contributed by atoms with Crippen molar-refractivity contribution in [2.45, 2.75) is 94.9 Å². The van der Waals surface area contributed by atoms with Crippen LogP contribution in [0.15, 0.2) is 24.3 Å². The molecule has 0 unspecified atom stereocenters. The van der Waals surface area contributed by atoms with Gasteiger partial charge in [-0.2, -0.15) is 0 Å². The Bertz CT molecular complexity index is 969. The maximum absolute atomic E-state index is 13.7. The molecule has 1 saturated carbocycles. The average molecular weight is 549 g/mol. The second kappa shape index (κ2) is 12.8. The lowest BCUT2D eigenvalue weighted by Gasteiger charge is -2.52. The molecule has 2 heterocycles. The number of hydrogen-bond acceptors (Lipinski definition) is 5. The van der Waals surface area contributed by atoms with Gasteiger partial charge in [0.25, 0.3) is 5.91 Å². The van der Waals surface area contributed by atoms with Crippen molar-refractivity contribution in [1.29, 1.82) is 0 Å². The van der Waals surface area contributed by atoms with Crippen molar-refractivity contribution in [3.8, 4) is 0 Å². The van der Waals surface area contributed by atoms with Gasteiger partial charge in [0, 0.05) is 52.3 Å². The second-order valence-electron chi connectivity index (χ2n) is 11.6. The third kappa shape index (κ3) is 6.52. The van der Waals surface area contributed by atoms with E-state index in [0.717, 1.165) is 57.3 Å². The smallest absolute Gasteiger partial charge is 0.253 e. The van der Waals surface area contributed by atoms with Crippen LogP contribution in [0.1, 0.15) is 87.1 Å². The first-order valence-electron chi connectivity index (χ1n) is 14.1. The summed E-state index contributed by atoms with van der Waals surface area (Å²) in [5.41, 5.74) is 0.126. The van der Waals surface area contributed by atoms with E-state index in [9.17, 15) is 19.5 Å². The highest BCUT2D eigenvalue weighted by atomic mass is 35.5. The summed E-state index contributed by atoms with van der Waals surface area (Å²) >= 11 is 0. The highest BCUT2D eigenvalue weighted by Gasteiger charge is 2.54. The third-order valence-electron chi connectivity index (χ3n) is 8.61. The van der Waals surface area contributed by atoms with Crippen molar-refractivity contribution in [3.63, 3.8) is 0 Å². The van der Waals surface area contributed by atoms with Gasteiger partial charge in [0.15, 0.2) is 0 Å². The number of unbranched alkanes of at least 4 members (excludes halogenated alkanes) is 1. The normalized spacial score (nSPS) is 23.1. The SMILES string of the molecule is CCCCN1C(=O)[C@@H](CC2(O)CCCCC2)NC(=O)C12CCN(Cc1ccc(C(=O)N(C)C)cc1)CC2.Cl. The predicted molar refractivity (Wildman–Crippen MR) is 150 cm³/mol. The lowest BCUT2D eigenvalue weighted by atomic mass is 9.77. The summed E-state index contributed by atoms with van der Waals surface area (Å²) in [4.78, 5) is 45.3. The summed E-state index contributed by atoms with van der Waals surface area (Å²) in [6, 6.07) is 7.07. The maximum Gasteiger partial charge on any atom is 0.253 e. The van der Waals surface area contributed by atoms with E-state index in [-0.39, 0.29) is 30.1 Å². The first-order valence-corrected chi connectivity index (χ1v) is 14.1. The molecular weight excluding hydrogens is 504 g/mol. The topological polar surface area (TPSA) is 93.2 Å². The Balaban J connectivity index is 0.00000400. The molecule has 9 heteroatoms. The lowest BCUT2D eigenvalue weighted by molar-refractivity contribution is -0.163. The first-order chi connectivity index (χ1) is 17.7. The lowest BCUT2D eigenvalue weighted by Crippen LogP contribution is -2.73. The molecule has 2 saturated heterocycles. The van der Waals surface area contributed by atoms with E-state index in [1.54, 1.807) is 19.0 Å². The molecule has 2 aliphatic heterocycles. The van der Waals surface area contributed by atoms with E-state index in [1.165, 1.54) is 0 Å². The number of carbonyl (C=O) groups is 3. The Kier molecular flexibility index (Phi) is 10.2. The molecule has 1 aromatic rings. The minimum absolute atomic E-state index is 0. The van der Waals surface area contributed by atoms with Crippen LogP contribution < -0.4 is 5.32 Å². The number of hydrogen-bond donors (Lipinski definition) is 2.